The smallest absolute Gasteiger partial charge is 0.198 e. The van der Waals surface area contributed by atoms with E-state index in [-0.39, 0.29) is 24.8 Å². The van der Waals surface area contributed by atoms with Crippen molar-refractivity contribution in [2.75, 3.05) is 13.1 Å². The molecule has 1 fully saturated rings. The molecule has 1 aromatic carbocycles. The monoisotopic (exact) mass is 334 g/mol. The van der Waals surface area contributed by atoms with Gasteiger partial charge in [0.05, 0.1) is 6.20 Å². The Morgan fingerprint density at radius 1 is 1.10 bits per heavy atom. The van der Waals surface area contributed by atoms with Gasteiger partial charge in [0.15, 0.2) is 11.7 Å². The van der Waals surface area contributed by atoms with Gasteiger partial charge >= 0.3 is 0 Å². The normalized spacial score (nSPS) is 15.2. The van der Waals surface area contributed by atoms with Gasteiger partial charge < -0.3 is 9.73 Å². The van der Waals surface area contributed by atoms with Gasteiger partial charge in [0.1, 0.15) is 0 Å². The summed E-state index contributed by atoms with van der Waals surface area (Å²) in [4.78, 5) is 4.41. The molecule has 1 saturated heterocycles. The zero-order valence-electron chi connectivity index (χ0n) is 10.8. The summed E-state index contributed by atoms with van der Waals surface area (Å²) < 4.78 is 5.87. The third-order valence-corrected chi connectivity index (χ3v) is 3.59. The number of rotatable bonds is 2. The summed E-state index contributed by atoms with van der Waals surface area (Å²) in [6, 6.07) is 7.64. The van der Waals surface area contributed by atoms with Crippen molar-refractivity contribution in [2.45, 2.75) is 18.8 Å². The third kappa shape index (κ3) is 3.89. The molecule has 6 heteroatoms. The van der Waals surface area contributed by atoms with Crippen molar-refractivity contribution in [1.29, 1.82) is 0 Å². The molecular formula is C14H17Cl3N2O. The van der Waals surface area contributed by atoms with Gasteiger partial charge in [-0.25, -0.2) is 4.98 Å². The van der Waals surface area contributed by atoms with Crippen molar-refractivity contribution in [1.82, 2.24) is 10.3 Å². The van der Waals surface area contributed by atoms with Gasteiger partial charge in [0.25, 0.3) is 0 Å². The lowest BCUT2D eigenvalue weighted by molar-refractivity contribution is 0.378. The highest BCUT2D eigenvalue weighted by Gasteiger charge is 2.20. The lowest BCUT2D eigenvalue weighted by atomic mass is 9.98. The standard InChI is InChI=1S/C14H15ClN2O.2ClH/c15-12-3-1-10(2-4-12)13-9-17-14(18-13)11-5-7-16-8-6-11;;/h1-4,9,11,16H,5-8H2;2*1H. The third-order valence-electron chi connectivity index (χ3n) is 3.34. The van der Waals surface area contributed by atoms with Crippen LogP contribution in [0.4, 0.5) is 0 Å². The number of nitrogens with zero attached hydrogens (tertiary/aromatic N) is 1. The molecule has 3 nitrogen and oxygen atoms in total. The van der Waals surface area contributed by atoms with E-state index in [4.69, 9.17) is 16.0 Å². The van der Waals surface area contributed by atoms with Crippen LogP contribution in [0.15, 0.2) is 34.9 Å². The molecular weight excluding hydrogens is 319 g/mol. The Balaban J connectivity index is 0.000001000. The van der Waals surface area contributed by atoms with E-state index in [0.29, 0.717) is 5.92 Å². The number of oxazole rings is 1. The second-order valence-electron chi connectivity index (χ2n) is 4.59. The van der Waals surface area contributed by atoms with Gasteiger partial charge in [0, 0.05) is 16.5 Å². The Labute approximate surface area is 135 Å². The Hall–Kier alpha value is -0.740. The predicted molar refractivity (Wildman–Crippen MR) is 86.3 cm³/mol. The van der Waals surface area contributed by atoms with Crippen molar-refractivity contribution in [2.24, 2.45) is 0 Å². The van der Waals surface area contributed by atoms with Crippen molar-refractivity contribution in [3.05, 3.63) is 41.4 Å². The summed E-state index contributed by atoms with van der Waals surface area (Å²) >= 11 is 5.87. The van der Waals surface area contributed by atoms with E-state index in [0.717, 1.165) is 48.2 Å². The van der Waals surface area contributed by atoms with Crippen LogP contribution in [0.25, 0.3) is 11.3 Å². The van der Waals surface area contributed by atoms with Crippen LogP contribution in [0.1, 0.15) is 24.7 Å². The highest BCUT2D eigenvalue weighted by molar-refractivity contribution is 6.30. The molecule has 0 amide bonds. The lowest BCUT2D eigenvalue weighted by Crippen LogP contribution is -2.26. The minimum absolute atomic E-state index is 0. The number of hydrogen-bond acceptors (Lipinski definition) is 3. The molecule has 110 valence electrons. The molecule has 0 atom stereocenters. The predicted octanol–water partition coefficient (Wildman–Crippen LogP) is 4.31. The molecule has 1 aromatic heterocycles. The van der Waals surface area contributed by atoms with Gasteiger partial charge in [-0.15, -0.1) is 24.8 Å². The number of halogens is 3. The zero-order valence-corrected chi connectivity index (χ0v) is 13.2. The van der Waals surface area contributed by atoms with E-state index in [2.05, 4.69) is 10.3 Å². The van der Waals surface area contributed by atoms with Crippen LogP contribution in [0.3, 0.4) is 0 Å². The largest absolute Gasteiger partial charge is 0.440 e. The van der Waals surface area contributed by atoms with Crippen molar-refractivity contribution < 1.29 is 4.42 Å². The summed E-state index contributed by atoms with van der Waals surface area (Å²) in [6.07, 6.45) is 4.00. The van der Waals surface area contributed by atoms with Gasteiger partial charge in [0.2, 0.25) is 0 Å². The van der Waals surface area contributed by atoms with Crippen LogP contribution in [-0.4, -0.2) is 18.1 Å². The lowest BCUT2D eigenvalue weighted by Gasteiger charge is -2.19. The van der Waals surface area contributed by atoms with Crippen molar-refractivity contribution in [3.63, 3.8) is 0 Å². The average Bonchev–Trinajstić information content (AvgIpc) is 2.90. The maximum atomic E-state index is 5.87. The maximum absolute atomic E-state index is 5.87. The maximum Gasteiger partial charge on any atom is 0.198 e. The summed E-state index contributed by atoms with van der Waals surface area (Å²) in [6.45, 7) is 2.09. The van der Waals surface area contributed by atoms with Crippen LogP contribution >= 0.6 is 36.4 Å². The Bertz CT molecular complexity index is 521. The average molecular weight is 336 g/mol. The summed E-state index contributed by atoms with van der Waals surface area (Å²) in [5.74, 6) is 2.13. The first-order chi connectivity index (χ1) is 8.83. The van der Waals surface area contributed by atoms with E-state index in [1.807, 2.05) is 24.3 Å². The SMILES string of the molecule is Cl.Cl.Clc1ccc(-c2cnc(C3CCNCC3)o2)cc1. The number of benzene rings is 1. The minimum Gasteiger partial charge on any atom is -0.440 e. The van der Waals surface area contributed by atoms with Gasteiger partial charge in [-0.3, -0.25) is 0 Å². The summed E-state index contributed by atoms with van der Waals surface area (Å²) in [7, 11) is 0. The second kappa shape index (κ2) is 7.89. The second-order valence-corrected chi connectivity index (χ2v) is 5.03. The fourth-order valence-electron chi connectivity index (χ4n) is 2.29. The fourth-order valence-corrected chi connectivity index (χ4v) is 2.42. The first kappa shape index (κ1) is 17.3. The number of nitrogens with one attached hydrogen (secondary N) is 1. The van der Waals surface area contributed by atoms with E-state index in [1.165, 1.54) is 0 Å². The number of piperidine rings is 1. The van der Waals surface area contributed by atoms with Crippen LogP contribution in [0.2, 0.25) is 5.02 Å². The van der Waals surface area contributed by atoms with Gasteiger partial charge in [-0.05, 0) is 50.2 Å². The van der Waals surface area contributed by atoms with E-state index in [1.54, 1.807) is 6.20 Å². The molecule has 1 aliphatic heterocycles. The molecule has 1 aliphatic rings. The highest BCUT2D eigenvalue weighted by Crippen LogP contribution is 2.29. The quantitative estimate of drug-likeness (QED) is 0.889. The molecule has 20 heavy (non-hydrogen) atoms. The molecule has 2 heterocycles. The minimum atomic E-state index is 0. The first-order valence-electron chi connectivity index (χ1n) is 6.25. The van der Waals surface area contributed by atoms with Crippen molar-refractivity contribution >= 4 is 36.4 Å². The highest BCUT2D eigenvalue weighted by atomic mass is 35.5. The molecule has 2 aromatic rings. The molecule has 3 rings (SSSR count). The topological polar surface area (TPSA) is 38.1 Å². The number of aromatic nitrogens is 1. The Morgan fingerprint density at radius 2 is 1.75 bits per heavy atom. The molecule has 0 spiro atoms. The Kier molecular flexibility index (Phi) is 6.83. The molecule has 1 N–H and O–H groups in total. The molecule has 0 radical (unpaired) electrons. The molecule has 0 aliphatic carbocycles. The van der Waals surface area contributed by atoms with Crippen LogP contribution in [0.5, 0.6) is 0 Å². The van der Waals surface area contributed by atoms with Gasteiger partial charge in [-0.2, -0.15) is 0 Å². The molecule has 0 bridgehead atoms. The fraction of sp³-hybridized carbons (Fsp3) is 0.357. The van der Waals surface area contributed by atoms with Crippen LogP contribution in [0, 0.1) is 0 Å². The van der Waals surface area contributed by atoms with Crippen LogP contribution in [-0.2, 0) is 0 Å². The summed E-state index contributed by atoms with van der Waals surface area (Å²) in [5, 5.41) is 4.08. The summed E-state index contributed by atoms with van der Waals surface area (Å²) in [5.41, 5.74) is 1.02. The van der Waals surface area contributed by atoms with E-state index < -0.39 is 0 Å². The zero-order chi connectivity index (χ0) is 12.4. The molecule has 0 unspecified atom stereocenters. The van der Waals surface area contributed by atoms with Crippen LogP contribution < -0.4 is 5.32 Å². The van der Waals surface area contributed by atoms with Gasteiger partial charge in [-0.1, -0.05) is 11.6 Å². The van der Waals surface area contributed by atoms with E-state index >= 15 is 0 Å². The molecule has 0 saturated carbocycles. The Morgan fingerprint density at radius 3 is 2.40 bits per heavy atom. The first-order valence-corrected chi connectivity index (χ1v) is 6.63. The number of hydrogen-bond donors (Lipinski definition) is 1. The van der Waals surface area contributed by atoms with E-state index in [9.17, 15) is 0 Å². The van der Waals surface area contributed by atoms with Crippen molar-refractivity contribution in [3.8, 4) is 11.3 Å².